The lowest BCUT2D eigenvalue weighted by atomic mass is 10.3. The van der Waals surface area contributed by atoms with Crippen LogP contribution in [0.15, 0.2) is 22.7 Å². The predicted molar refractivity (Wildman–Crippen MR) is 75.5 cm³/mol. The standard InChI is InChI=1S/C10H7ClN4O3S2/c11-6-2-1-5(3-12-6)8(18)13-9-14-15-10(20-9)19-4-7(16)17/h1-3H,4H2,(H,16,17)(H,13,14,18). The molecule has 10 heteroatoms. The van der Waals surface area contributed by atoms with Crippen molar-refractivity contribution in [2.24, 2.45) is 0 Å². The lowest BCUT2D eigenvalue weighted by Crippen LogP contribution is -2.11. The Balaban J connectivity index is 1.97. The molecular formula is C10H7ClN4O3S2. The van der Waals surface area contributed by atoms with Gasteiger partial charge in [-0.05, 0) is 12.1 Å². The zero-order chi connectivity index (χ0) is 14.5. The number of carboxylic acid groups (broad SMARTS) is 1. The van der Waals surface area contributed by atoms with Gasteiger partial charge in [0.2, 0.25) is 5.13 Å². The van der Waals surface area contributed by atoms with Gasteiger partial charge in [-0.1, -0.05) is 34.7 Å². The van der Waals surface area contributed by atoms with E-state index in [0.29, 0.717) is 15.1 Å². The van der Waals surface area contributed by atoms with Crippen LogP contribution in [0.1, 0.15) is 10.4 Å². The first-order valence-corrected chi connectivity index (χ1v) is 7.33. The summed E-state index contributed by atoms with van der Waals surface area (Å²) in [5, 5.41) is 19.2. The third-order valence-electron chi connectivity index (χ3n) is 1.94. The van der Waals surface area contributed by atoms with E-state index >= 15 is 0 Å². The summed E-state index contributed by atoms with van der Waals surface area (Å²) < 4.78 is 0.469. The fourth-order valence-electron chi connectivity index (χ4n) is 1.12. The molecule has 0 atom stereocenters. The molecule has 0 aliphatic carbocycles. The molecule has 104 valence electrons. The number of pyridine rings is 1. The van der Waals surface area contributed by atoms with E-state index < -0.39 is 5.97 Å². The Bertz CT molecular complexity index is 632. The molecule has 2 rings (SSSR count). The largest absolute Gasteiger partial charge is 0.481 e. The molecule has 0 aliphatic rings. The third-order valence-corrected chi connectivity index (χ3v) is 4.12. The normalized spacial score (nSPS) is 10.2. The zero-order valence-corrected chi connectivity index (χ0v) is 12.1. The summed E-state index contributed by atoms with van der Waals surface area (Å²) in [7, 11) is 0. The number of carboxylic acids is 1. The quantitative estimate of drug-likeness (QED) is 0.490. The van der Waals surface area contributed by atoms with E-state index in [1.54, 1.807) is 0 Å². The maximum Gasteiger partial charge on any atom is 0.313 e. The summed E-state index contributed by atoms with van der Waals surface area (Å²) in [6.07, 6.45) is 1.35. The van der Waals surface area contributed by atoms with Crippen molar-refractivity contribution in [1.82, 2.24) is 15.2 Å². The number of aromatic nitrogens is 3. The molecule has 0 radical (unpaired) electrons. The van der Waals surface area contributed by atoms with Crippen LogP contribution in [0.3, 0.4) is 0 Å². The van der Waals surface area contributed by atoms with Crippen LogP contribution >= 0.6 is 34.7 Å². The monoisotopic (exact) mass is 330 g/mol. The number of nitrogens with zero attached hydrogens (tertiary/aromatic N) is 3. The zero-order valence-electron chi connectivity index (χ0n) is 9.74. The Morgan fingerprint density at radius 3 is 2.85 bits per heavy atom. The van der Waals surface area contributed by atoms with Crippen molar-refractivity contribution in [3.8, 4) is 0 Å². The highest BCUT2D eigenvalue weighted by atomic mass is 35.5. The van der Waals surface area contributed by atoms with Gasteiger partial charge in [0.25, 0.3) is 5.91 Å². The van der Waals surface area contributed by atoms with E-state index in [-0.39, 0.29) is 16.8 Å². The number of anilines is 1. The van der Waals surface area contributed by atoms with Crippen molar-refractivity contribution in [2.75, 3.05) is 11.1 Å². The van der Waals surface area contributed by atoms with E-state index in [1.807, 2.05) is 0 Å². The van der Waals surface area contributed by atoms with Crippen LogP contribution in [0.5, 0.6) is 0 Å². The Morgan fingerprint density at radius 1 is 1.40 bits per heavy atom. The molecule has 2 heterocycles. The van der Waals surface area contributed by atoms with Crippen molar-refractivity contribution in [3.63, 3.8) is 0 Å². The van der Waals surface area contributed by atoms with Crippen LogP contribution in [-0.2, 0) is 4.79 Å². The van der Waals surface area contributed by atoms with Crippen LogP contribution < -0.4 is 5.32 Å². The summed E-state index contributed by atoms with van der Waals surface area (Å²) in [4.78, 5) is 26.1. The number of amides is 1. The molecule has 0 aromatic carbocycles. The average molecular weight is 331 g/mol. The number of halogens is 1. The molecule has 0 aliphatic heterocycles. The SMILES string of the molecule is O=C(O)CSc1nnc(NC(=O)c2ccc(Cl)nc2)s1. The predicted octanol–water partition coefficient (Wildman–Crippen LogP) is 2.02. The van der Waals surface area contributed by atoms with Crippen LogP contribution in [0.25, 0.3) is 0 Å². The summed E-state index contributed by atoms with van der Waals surface area (Å²) in [5.41, 5.74) is 0.337. The number of rotatable bonds is 5. The van der Waals surface area contributed by atoms with Gasteiger partial charge in [-0.25, -0.2) is 4.98 Å². The Kier molecular flexibility index (Phi) is 4.88. The number of nitrogens with one attached hydrogen (secondary N) is 1. The first-order chi connectivity index (χ1) is 9.54. The number of thioether (sulfide) groups is 1. The summed E-state index contributed by atoms with van der Waals surface area (Å²) >= 11 is 7.76. The van der Waals surface area contributed by atoms with Gasteiger partial charge in [0.15, 0.2) is 4.34 Å². The summed E-state index contributed by atoms with van der Waals surface area (Å²) in [6.45, 7) is 0. The van der Waals surface area contributed by atoms with Gasteiger partial charge in [0.1, 0.15) is 5.15 Å². The van der Waals surface area contributed by atoms with Crippen molar-refractivity contribution in [3.05, 3.63) is 29.0 Å². The molecule has 2 aromatic heterocycles. The van der Waals surface area contributed by atoms with Gasteiger partial charge in [-0.3, -0.25) is 14.9 Å². The lowest BCUT2D eigenvalue weighted by molar-refractivity contribution is -0.133. The topological polar surface area (TPSA) is 105 Å². The number of carbonyl (C=O) groups is 2. The Labute approximate surface area is 126 Å². The molecule has 20 heavy (non-hydrogen) atoms. The van der Waals surface area contributed by atoms with Crippen molar-refractivity contribution in [2.45, 2.75) is 4.34 Å². The smallest absolute Gasteiger partial charge is 0.313 e. The molecule has 1 amide bonds. The highest BCUT2D eigenvalue weighted by molar-refractivity contribution is 8.01. The van der Waals surface area contributed by atoms with E-state index in [4.69, 9.17) is 16.7 Å². The molecule has 0 spiro atoms. The summed E-state index contributed by atoms with van der Waals surface area (Å²) in [6, 6.07) is 3.04. The van der Waals surface area contributed by atoms with E-state index in [1.165, 1.54) is 18.3 Å². The summed E-state index contributed by atoms with van der Waals surface area (Å²) in [5.74, 6) is -1.44. The first-order valence-electron chi connectivity index (χ1n) is 5.15. The highest BCUT2D eigenvalue weighted by Gasteiger charge is 2.11. The van der Waals surface area contributed by atoms with Gasteiger partial charge in [0.05, 0.1) is 11.3 Å². The molecule has 0 saturated heterocycles. The first kappa shape index (κ1) is 14.7. The second-order valence-corrected chi connectivity index (χ2v) is 5.97. The number of hydrogen-bond donors (Lipinski definition) is 2. The minimum Gasteiger partial charge on any atom is -0.481 e. The van der Waals surface area contributed by atoms with Crippen LogP contribution in [-0.4, -0.2) is 37.9 Å². The highest BCUT2D eigenvalue weighted by Crippen LogP contribution is 2.25. The molecule has 2 N–H and O–H groups in total. The third kappa shape index (κ3) is 4.15. The molecule has 0 bridgehead atoms. The molecule has 0 unspecified atom stereocenters. The maximum absolute atomic E-state index is 11.8. The van der Waals surface area contributed by atoms with Gasteiger partial charge in [-0.15, -0.1) is 10.2 Å². The molecule has 0 fully saturated rings. The number of carbonyl (C=O) groups excluding carboxylic acids is 1. The molecule has 2 aromatic rings. The minimum atomic E-state index is -0.942. The minimum absolute atomic E-state index is 0.107. The number of hydrogen-bond acceptors (Lipinski definition) is 7. The average Bonchev–Trinajstić information content (AvgIpc) is 2.84. The van der Waals surface area contributed by atoms with Crippen molar-refractivity contribution >= 4 is 51.7 Å². The number of aliphatic carboxylic acids is 1. The van der Waals surface area contributed by atoms with Crippen LogP contribution in [0.4, 0.5) is 5.13 Å². The Hall–Kier alpha value is -1.71. The fourth-order valence-corrected chi connectivity index (χ4v) is 2.70. The Morgan fingerprint density at radius 2 is 2.20 bits per heavy atom. The van der Waals surface area contributed by atoms with Gasteiger partial charge >= 0.3 is 5.97 Å². The van der Waals surface area contributed by atoms with Crippen LogP contribution in [0, 0.1) is 0 Å². The lowest BCUT2D eigenvalue weighted by Gasteiger charge is -1.99. The van der Waals surface area contributed by atoms with E-state index in [9.17, 15) is 9.59 Å². The fraction of sp³-hybridized carbons (Fsp3) is 0.100. The second-order valence-electron chi connectivity index (χ2n) is 3.38. The molecule has 7 nitrogen and oxygen atoms in total. The molecule has 0 saturated carbocycles. The van der Waals surface area contributed by atoms with Gasteiger partial charge < -0.3 is 5.11 Å². The van der Waals surface area contributed by atoms with Gasteiger partial charge in [-0.2, -0.15) is 0 Å². The van der Waals surface area contributed by atoms with E-state index in [0.717, 1.165) is 23.1 Å². The van der Waals surface area contributed by atoms with E-state index in [2.05, 4.69) is 20.5 Å². The van der Waals surface area contributed by atoms with Crippen molar-refractivity contribution < 1.29 is 14.7 Å². The van der Waals surface area contributed by atoms with Crippen molar-refractivity contribution in [1.29, 1.82) is 0 Å². The maximum atomic E-state index is 11.8. The van der Waals surface area contributed by atoms with Gasteiger partial charge in [0, 0.05) is 6.20 Å². The van der Waals surface area contributed by atoms with Crippen LogP contribution in [0.2, 0.25) is 5.15 Å². The second kappa shape index (κ2) is 6.64. The molecular weight excluding hydrogens is 324 g/mol.